The second-order valence-electron chi connectivity index (χ2n) is 6.40. The van der Waals surface area contributed by atoms with Crippen LogP contribution in [-0.4, -0.2) is 29.8 Å². The largest absolute Gasteiger partial charge is 0.393 e. The van der Waals surface area contributed by atoms with Gasteiger partial charge in [0.25, 0.3) is 0 Å². The molecule has 0 amide bonds. The lowest BCUT2D eigenvalue weighted by Gasteiger charge is -2.23. The molecule has 1 aliphatic carbocycles. The SMILES string of the molecule is CC(O)CC(CN=C(N)NC1CCCCC1)c1ccccc1. The van der Waals surface area contributed by atoms with Crippen molar-refractivity contribution in [2.75, 3.05) is 6.54 Å². The number of aliphatic hydroxyl groups is 1. The third-order valence-electron chi connectivity index (χ3n) is 4.34. The van der Waals surface area contributed by atoms with Crippen molar-refractivity contribution in [3.05, 3.63) is 35.9 Å². The van der Waals surface area contributed by atoms with Gasteiger partial charge in [-0.25, -0.2) is 0 Å². The van der Waals surface area contributed by atoms with Crippen LogP contribution in [0.15, 0.2) is 35.3 Å². The van der Waals surface area contributed by atoms with E-state index in [1.54, 1.807) is 0 Å². The fourth-order valence-corrected chi connectivity index (χ4v) is 3.16. The van der Waals surface area contributed by atoms with Crippen LogP contribution in [0, 0.1) is 0 Å². The molecule has 0 aromatic heterocycles. The number of nitrogens with one attached hydrogen (secondary N) is 1. The van der Waals surface area contributed by atoms with Gasteiger partial charge in [0, 0.05) is 18.5 Å². The first-order chi connectivity index (χ1) is 10.6. The molecule has 1 aliphatic rings. The molecule has 0 heterocycles. The fraction of sp³-hybridized carbons (Fsp3) is 0.611. The van der Waals surface area contributed by atoms with Crippen LogP contribution in [0.5, 0.6) is 0 Å². The minimum atomic E-state index is -0.340. The predicted molar refractivity (Wildman–Crippen MR) is 92.0 cm³/mol. The van der Waals surface area contributed by atoms with Crippen molar-refractivity contribution in [1.29, 1.82) is 0 Å². The molecular weight excluding hydrogens is 274 g/mol. The van der Waals surface area contributed by atoms with E-state index in [9.17, 15) is 5.11 Å². The van der Waals surface area contributed by atoms with Gasteiger partial charge in [0.15, 0.2) is 5.96 Å². The van der Waals surface area contributed by atoms with Gasteiger partial charge in [0.05, 0.1) is 6.10 Å². The normalized spacial score (nSPS) is 19.6. The van der Waals surface area contributed by atoms with Crippen molar-refractivity contribution in [2.24, 2.45) is 10.7 Å². The Kier molecular flexibility index (Phi) is 6.72. The standard InChI is InChI=1S/C18H29N3O/c1-14(22)12-16(15-8-4-2-5-9-15)13-20-18(19)21-17-10-6-3-7-11-17/h2,4-5,8-9,14,16-17,22H,3,6-7,10-13H2,1H3,(H3,19,20,21). The van der Waals surface area contributed by atoms with Gasteiger partial charge >= 0.3 is 0 Å². The summed E-state index contributed by atoms with van der Waals surface area (Å²) in [5.74, 6) is 0.742. The van der Waals surface area contributed by atoms with Crippen LogP contribution in [-0.2, 0) is 0 Å². The van der Waals surface area contributed by atoms with E-state index in [0.717, 1.165) is 0 Å². The van der Waals surface area contributed by atoms with E-state index in [2.05, 4.69) is 22.4 Å². The lowest BCUT2D eigenvalue weighted by molar-refractivity contribution is 0.175. The minimum Gasteiger partial charge on any atom is -0.393 e. The highest BCUT2D eigenvalue weighted by molar-refractivity contribution is 5.78. The van der Waals surface area contributed by atoms with Crippen LogP contribution in [0.4, 0.5) is 0 Å². The monoisotopic (exact) mass is 303 g/mol. The van der Waals surface area contributed by atoms with Crippen molar-refractivity contribution in [2.45, 2.75) is 63.5 Å². The van der Waals surface area contributed by atoms with Crippen LogP contribution in [0.3, 0.4) is 0 Å². The number of aliphatic imine (C=N–C) groups is 1. The first kappa shape index (κ1) is 16.8. The molecule has 4 nitrogen and oxygen atoms in total. The minimum absolute atomic E-state index is 0.202. The summed E-state index contributed by atoms with van der Waals surface area (Å²) in [4.78, 5) is 4.52. The summed E-state index contributed by atoms with van der Waals surface area (Å²) in [5, 5.41) is 13.1. The maximum atomic E-state index is 9.72. The van der Waals surface area contributed by atoms with E-state index >= 15 is 0 Å². The maximum absolute atomic E-state index is 9.72. The van der Waals surface area contributed by atoms with Gasteiger partial charge in [-0.3, -0.25) is 4.99 Å². The summed E-state index contributed by atoms with van der Waals surface area (Å²) < 4.78 is 0. The van der Waals surface area contributed by atoms with Gasteiger partial charge in [-0.1, -0.05) is 49.6 Å². The number of guanidine groups is 1. The first-order valence-electron chi connectivity index (χ1n) is 8.44. The zero-order valence-corrected chi connectivity index (χ0v) is 13.5. The molecule has 1 aromatic carbocycles. The molecule has 122 valence electrons. The van der Waals surface area contributed by atoms with E-state index in [1.165, 1.54) is 37.7 Å². The van der Waals surface area contributed by atoms with Gasteiger partial charge in [0.1, 0.15) is 0 Å². The lowest BCUT2D eigenvalue weighted by atomic mass is 9.93. The zero-order chi connectivity index (χ0) is 15.8. The summed E-state index contributed by atoms with van der Waals surface area (Å²) in [6, 6.07) is 10.7. The Bertz CT molecular complexity index is 453. The number of rotatable bonds is 6. The molecule has 2 atom stereocenters. The Balaban J connectivity index is 1.92. The highest BCUT2D eigenvalue weighted by Crippen LogP contribution is 2.22. The Labute approximate surface area is 133 Å². The third kappa shape index (κ3) is 5.68. The number of nitrogens with zero attached hydrogens (tertiary/aromatic N) is 1. The van der Waals surface area contributed by atoms with E-state index in [-0.39, 0.29) is 12.0 Å². The number of nitrogens with two attached hydrogens (primary N) is 1. The molecule has 0 aliphatic heterocycles. The predicted octanol–water partition coefficient (Wildman–Crippen LogP) is 2.78. The molecule has 2 unspecified atom stereocenters. The van der Waals surface area contributed by atoms with Gasteiger partial charge in [0.2, 0.25) is 0 Å². The van der Waals surface area contributed by atoms with E-state index < -0.39 is 0 Å². The van der Waals surface area contributed by atoms with E-state index in [0.29, 0.717) is 25.0 Å². The Morgan fingerprint density at radius 2 is 1.95 bits per heavy atom. The molecule has 0 saturated heterocycles. The Morgan fingerprint density at radius 1 is 1.27 bits per heavy atom. The quantitative estimate of drug-likeness (QED) is 0.559. The number of hydrogen-bond donors (Lipinski definition) is 3. The Hall–Kier alpha value is -1.55. The molecule has 4 N–H and O–H groups in total. The van der Waals surface area contributed by atoms with Crippen LogP contribution in [0.1, 0.15) is 56.9 Å². The molecule has 2 rings (SSSR count). The van der Waals surface area contributed by atoms with E-state index in [4.69, 9.17) is 5.73 Å². The molecule has 22 heavy (non-hydrogen) atoms. The third-order valence-corrected chi connectivity index (χ3v) is 4.34. The van der Waals surface area contributed by atoms with Crippen molar-refractivity contribution in [3.8, 4) is 0 Å². The van der Waals surface area contributed by atoms with Crippen LogP contribution in [0.2, 0.25) is 0 Å². The summed E-state index contributed by atoms with van der Waals surface area (Å²) in [5.41, 5.74) is 7.24. The van der Waals surface area contributed by atoms with E-state index in [1.807, 2.05) is 25.1 Å². The first-order valence-corrected chi connectivity index (χ1v) is 8.44. The number of aliphatic hydroxyl groups excluding tert-OH is 1. The number of hydrogen-bond acceptors (Lipinski definition) is 2. The molecule has 1 fully saturated rings. The van der Waals surface area contributed by atoms with Gasteiger partial charge < -0.3 is 16.2 Å². The molecule has 0 bridgehead atoms. The van der Waals surface area contributed by atoms with Crippen molar-refractivity contribution < 1.29 is 5.11 Å². The highest BCUT2D eigenvalue weighted by atomic mass is 16.3. The van der Waals surface area contributed by atoms with Gasteiger partial charge in [-0.2, -0.15) is 0 Å². The second kappa shape index (κ2) is 8.79. The smallest absolute Gasteiger partial charge is 0.188 e. The topological polar surface area (TPSA) is 70.6 Å². The zero-order valence-electron chi connectivity index (χ0n) is 13.5. The molecule has 4 heteroatoms. The van der Waals surface area contributed by atoms with Crippen molar-refractivity contribution in [3.63, 3.8) is 0 Å². The average molecular weight is 303 g/mol. The van der Waals surface area contributed by atoms with Crippen LogP contribution in [0.25, 0.3) is 0 Å². The molecule has 0 radical (unpaired) electrons. The fourth-order valence-electron chi connectivity index (χ4n) is 3.16. The highest BCUT2D eigenvalue weighted by Gasteiger charge is 2.16. The Morgan fingerprint density at radius 3 is 2.59 bits per heavy atom. The van der Waals surface area contributed by atoms with Crippen molar-refractivity contribution >= 4 is 5.96 Å². The summed E-state index contributed by atoms with van der Waals surface area (Å²) in [7, 11) is 0. The summed E-state index contributed by atoms with van der Waals surface area (Å²) >= 11 is 0. The van der Waals surface area contributed by atoms with Crippen LogP contribution < -0.4 is 11.1 Å². The average Bonchev–Trinajstić information content (AvgIpc) is 2.53. The molecule has 0 spiro atoms. The molecular formula is C18H29N3O. The maximum Gasteiger partial charge on any atom is 0.188 e. The lowest BCUT2D eigenvalue weighted by Crippen LogP contribution is -2.41. The molecule has 1 saturated carbocycles. The second-order valence-corrected chi connectivity index (χ2v) is 6.40. The molecule has 1 aromatic rings. The van der Waals surface area contributed by atoms with Crippen LogP contribution >= 0.6 is 0 Å². The van der Waals surface area contributed by atoms with Crippen molar-refractivity contribution in [1.82, 2.24) is 5.32 Å². The number of benzene rings is 1. The van der Waals surface area contributed by atoms with Gasteiger partial charge in [-0.05, 0) is 31.7 Å². The van der Waals surface area contributed by atoms with Gasteiger partial charge in [-0.15, -0.1) is 0 Å². The summed E-state index contributed by atoms with van der Waals surface area (Å²) in [6.07, 6.45) is 6.62. The summed E-state index contributed by atoms with van der Waals surface area (Å²) in [6.45, 7) is 2.43.